The van der Waals surface area contributed by atoms with E-state index in [2.05, 4.69) is 36.6 Å². The molecule has 0 saturated heterocycles. The van der Waals surface area contributed by atoms with Crippen LogP contribution in [0.3, 0.4) is 0 Å². The second kappa shape index (κ2) is 1.78. The molecule has 6 heavy (non-hydrogen) atoms. The molecule has 0 aromatic rings. The molecule has 0 N–H and O–H groups in total. The normalized spacial score (nSPS) is 10.3. The quantitative estimate of drug-likeness (QED) is 0.291. The fourth-order valence-electron chi connectivity index (χ4n) is 0. The first-order valence-electron chi connectivity index (χ1n) is 1.29. The maximum Gasteiger partial charge on any atom is 0.0383 e. The van der Waals surface area contributed by atoms with Crippen molar-refractivity contribution in [1.29, 1.82) is 0 Å². The van der Waals surface area contributed by atoms with Gasteiger partial charge >= 0.3 is 0 Å². The Morgan fingerprint density at radius 2 is 1.50 bits per heavy atom. The van der Waals surface area contributed by atoms with Crippen molar-refractivity contribution in [2.45, 2.75) is 4.28 Å². The largest absolute Gasteiger partial charge is 0.121 e. The van der Waals surface area contributed by atoms with Crippen molar-refractivity contribution >= 4 is 30.7 Å². The SMILES string of the molecule is C#CC([Si])([Si])[Si]. The maximum atomic E-state index is 4.91. The average Bonchev–Trinajstić information content (AvgIpc) is 1.35. The minimum atomic E-state index is -0.514. The Morgan fingerprint density at radius 1 is 1.33 bits per heavy atom. The maximum absolute atomic E-state index is 4.91. The molecule has 0 aliphatic heterocycles. The van der Waals surface area contributed by atoms with E-state index < -0.39 is 4.28 Å². The van der Waals surface area contributed by atoms with Crippen LogP contribution in [0.15, 0.2) is 0 Å². The smallest absolute Gasteiger partial charge is 0.0383 e. The standard InChI is InChI=1S/C3HSi3/c1-2-3(4,5)6/h1H. The van der Waals surface area contributed by atoms with Crippen molar-refractivity contribution in [2.75, 3.05) is 0 Å². The van der Waals surface area contributed by atoms with Gasteiger partial charge in [0.2, 0.25) is 0 Å². The van der Waals surface area contributed by atoms with E-state index in [1.54, 1.807) is 0 Å². The van der Waals surface area contributed by atoms with Crippen molar-refractivity contribution < 1.29 is 0 Å². The molecule has 0 unspecified atom stereocenters. The zero-order chi connectivity index (χ0) is 5.21. The zero-order valence-electron chi connectivity index (χ0n) is 3.08. The van der Waals surface area contributed by atoms with Gasteiger partial charge in [0.25, 0.3) is 0 Å². The lowest BCUT2D eigenvalue weighted by molar-refractivity contribution is 1.53. The fraction of sp³-hybridized carbons (Fsp3) is 0.333. The molecule has 3 heteroatoms. The first kappa shape index (κ1) is 6.21. The van der Waals surface area contributed by atoms with E-state index in [1.165, 1.54) is 0 Å². The highest BCUT2D eigenvalue weighted by atomic mass is 28.3. The molecule has 0 heterocycles. The summed E-state index contributed by atoms with van der Waals surface area (Å²) in [6.07, 6.45) is 4.91. The van der Waals surface area contributed by atoms with Gasteiger partial charge in [-0.2, -0.15) is 0 Å². The Labute approximate surface area is 48.0 Å². The summed E-state index contributed by atoms with van der Waals surface area (Å²) in [5, 5.41) is 0. The van der Waals surface area contributed by atoms with Crippen molar-refractivity contribution in [3.63, 3.8) is 0 Å². The Balaban J connectivity index is 3.55. The Hall–Kier alpha value is 0.211. The minimum absolute atomic E-state index is 0.514. The molecule has 0 spiro atoms. The van der Waals surface area contributed by atoms with E-state index in [0.29, 0.717) is 0 Å². The van der Waals surface area contributed by atoms with Gasteiger partial charge in [-0.05, 0) is 4.28 Å². The van der Waals surface area contributed by atoms with Crippen LogP contribution in [0.25, 0.3) is 0 Å². The van der Waals surface area contributed by atoms with Crippen LogP contribution in [-0.4, -0.2) is 30.7 Å². The molecule has 25 valence electrons. The molecule has 0 aromatic heterocycles. The number of hydrogen-bond donors (Lipinski definition) is 0. The van der Waals surface area contributed by atoms with Gasteiger partial charge in [0, 0.05) is 30.7 Å². The van der Waals surface area contributed by atoms with E-state index in [9.17, 15) is 0 Å². The highest BCUT2D eigenvalue weighted by Gasteiger charge is 2.02. The van der Waals surface area contributed by atoms with Gasteiger partial charge in [-0.25, -0.2) is 0 Å². The van der Waals surface area contributed by atoms with Crippen LogP contribution in [0, 0.1) is 12.3 Å². The minimum Gasteiger partial charge on any atom is -0.121 e. The van der Waals surface area contributed by atoms with E-state index >= 15 is 0 Å². The van der Waals surface area contributed by atoms with E-state index in [0.717, 1.165) is 0 Å². The summed E-state index contributed by atoms with van der Waals surface area (Å²) in [6.45, 7) is 0. The molecule has 0 atom stereocenters. The lowest BCUT2D eigenvalue weighted by atomic mass is 10.8. The van der Waals surface area contributed by atoms with Gasteiger partial charge in [-0.15, -0.1) is 12.3 Å². The van der Waals surface area contributed by atoms with Crippen LogP contribution < -0.4 is 0 Å². The first-order valence-corrected chi connectivity index (χ1v) is 2.79. The van der Waals surface area contributed by atoms with Crippen LogP contribution in [0.5, 0.6) is 0 Å². The molecule has 0 saturated carbocycles. The average molecular weight is 121 g/mol. The molecule has 0 bridgehead atoms. The predicted octanol–water partition coefficient (Wildman–Crippen LogP) is -0.801. The van der Waals surface area contributed by atoms with Gasteiger partial charge in [-0.3, -0.25) is 0 Å². The zero-order valence-corrected chi connectivity index (χ0v) is 6.08. The summed E-state index contributed by atoms with van der Waals surface area (Å²) < 4.78 is -0.514. The molecule has 0 amide bonds. The van der Waals surface area contributed by atoms with Crippen molar-refractivity contribution in [1.82, 2.24) is 0 Å². The molecule has 0 aliphatic rings. The topological polar surface area (TPSA) is 0 Å². The molecular weight excluding hydrogens is 120 g/mol. The lowest BCUT2D eigenvalue weighted by Crippen LogP contribution is -2.07. The van der Waals surface area contributed by atoms with E-state index in [-0.39, 0.29) is 0 Å². The van der Waals surface area contributed by atoms with Crippen LogP contribution >= 0.6 is 0 Å². The summed E-state index contributed by atoms with van der Waals surface area (Å²) in [5.74, 6) is 2.34. The number of terminal acetylenes is 1. The molecule has 0 aromatic carbocycles. The molecule has 0 rings (SSSR count). The van der Waals surface area contributed by atoms with E-state index in [1.807, 2.05) is 0 Å². The van der Waals surface area contributed by atoms with Crippen LogP contribution in [-0.2, 0) is 0 Å². The van der Waals surface area contributed by atoms with Gasteiger partial charge in [0.15, 0.2) is 0 Å². The predicted molar refractivity (Wildman–Crippen MR) is 28.8 cm³/mol. The third-order valence-corrected chi connectivity index (χ3v) is 0.650. The van der Waals surface area contributed by atoms with Gasteiger partial charge < -0.3 is 0 Å². The van der Waals surface area contributed by atoms with Crippen LogP contribution in [0.1, 0.15) is 0 Å². The second-order valence-electron chi connectivity index (χ2n) is 0.894. The summed E-state index contributed by atoms with van der Waals surface area (Å²) in [4.78, 5) is 0. The Bertz CT molecular complexity index is 73.0. The van der Waals surface area contributed by atoms with Crippen LogP contribution in [0.2, 0.25) is 4.28 Å². The van der Waals surface area contributed by atoms with Crippen molar-refractivity contribution in [3.8, 4) is 12.3 Å². The molecule has 0 fully saturated rings. The van der Waals surface area contributed by atoms with Crippen molar-refractivity contribution in [3.05, 3.63) is 0 Å². The summed E-state index contributed by atoms with van der Waals surface area (Å²) in [7, 11) is 9.34. The summed E-state index contributed by atoms with van der Waals surface area (Å²) >= 11 is 0. The number of hydrogen-bond acceptors (Lipinski definition) is 0. The Kier molecular flexibility index (Phi) is 1.84. The van der Waals surface area contributed by atoms with Crippen molar-refractivity contribution in [2.24, 2.45) is 0 Å². The highest BCUT2D eigenvalue weighted by Crippen LogP contribution is 2.01. The van der Waals surface area contributed by atoms with Crippen LogP contribution in [0.4, 0.5) is 0 Å². The first-order chi connectivity index (χ1) is 2.56. The Morgan fingerprint density at radius 3 is 1.50 bits per heavy atom. The third-order valence-electron chi connectivity index (χ3n) is 0.217. The molecule has 0 nitrogen and oxygen atoms in total. The molecule has 0 aliphatic carbocycles. The second-order valence-corrected chi connectivity index (χ2v) is 4.64. The third kappa shape index (κ3) is 4.21. The fourth-order valence-corrected chi connectivity index (χ4v) is 0. The summed E-state index contributed by atoms with van der Waals surface area (Å²) in [6, 6.07) is 0. The molecular formula is C3HSi3. The van der Waals surface area contributed by atoms with E-state index in [4.69, 9.17) is 6.42 Å². The van der Waals surface area contributed by atoms with Gasteiger partial charge in [-0.1, -0.05) is 0 Å². The highest BCUT2D eigenvalue weighted by molar-refractivity contribution is 6.61. The monoisotopic (exact) mass is 121 g/mol. The number of rotatable bonds is 0. The van der Waals surface area contributed by atoms with Gasteiger partial charge in [0.1, 0.15) is 0 Å². The van der Waals surface area contributed by atoms with Gasteiger partial charge in [0.05, 0.1) is 0 Å². The summed E-state index contributed by atoms with van der Waals surface area (Å²) in [5.41, 5.74) is 0. The lowest BCUT2D eigenvalue weighted by Gasteiger charge is -2.03. The molecule has 9 radical (unpaired) electrons.